The minimum absolute atomic E-state index is 0.183. The molecule has 0 saturated heterocycles. The van der Waals surface area contributed by atoms with Crippen molar-refractivity contribution in [1.29, 1.82) is 0 Å². The number of H-pyrrole nitrogens is 1. The van der Waals surface area contributed by atoms with Crippen LogP contribution in [0.3, 0.4) is 0 Å². The fourth-order valence-electron chi connectivity index (χ4n) is 3.61. The minimum Gasteiger partial charge on any atom is -0.490 e. The van der Waals surface area contributed by atoms with Crippen LogP contribution in [0, 0.1) is 0 Å². The van der Waals surface area contributed by atoms with E-state index in [-0.39, 0.29) is 17.7 Å². The fraction of sp³-hybridized carbons (Fsp3) is 0.333. The number of aryl methyl sites for hydroxylation is 1. The zero-order valence-electron chi connectivity index (χ0n) is 15.3. The summed E-state index contributed by atoms with van der Waals surface area (Å²) in [7, 11) is 1.70. The number of nitrogens with zero attached hydrogens (tertiary/aromatic N) is 1. The van der Waals surface area contributed by atoms with Crippen LogP contribution in [0.15, 0.2) is 47.3 Å². The number of carbonyl (C=O) groups is 1. The Bertz CT molecular complexity index is 1030. The third-order valence-corrected chi connectivity index (χ3v) is 5.17. The Kier molecular flexibility index (Phi) is 4.71. The van der Waals surface area contributed by atoms with Crippen molar-refractivity contribution in [3.8, 4) is 5.75 Å². The van der Waals surface area contributed by atoms with Gasteiger partial charge in [-0.2, -0.15) is 0 Å². The van der Waals surface area contributed by atoms with Crippen molar-refractivity contribution < 1.29 is 9.53 Å². The summed E-state index contributed by atoms with van der Waals surface area (Å²) in [5.41, 5.74) is 2.71. The molecule has 1 amide bonds. The van der Waals surface area contributed by atoms with E-state index in [0.717, 1.165) is 29.7 Å². The van der Waals surface area contributed by atoms with E-state index in [1.807, 2.05) is 24.3 Å². The smallest absolute Gasteiger partial charge is 0.326 e. The van der Waals surface area contributed by atoms with Gasteiger partial charge in [0.15, 0.2) is 0 Å². The molecule has 0 atom stereocenters. The topological polar surface area (TPSA) is 76.1 Å². The lowest BCUT2D eigenvalue weighted by atomic mass is 10.1. The molecule has 2 N–H and O–H groups in total. The van der Waals surface area contributed by atoms with Gasteiger partial charge in [0.25, 0.3) is 5.91 Å². The predicted molar refractivity (Wildman–Crippen MR) is 104 cm³/mol. The lowest BCUT2D eigenvalue weighted by Crippen LogP contribution is -2.23. The number of carbonyl (C=O) groups excluding carboxylic acids is 1. The van der Waals surface area contributed by atoms with Crippen LogP contribution < -0.4 is 15.7 Å². The molecule has 0 unspecified atom stereocenters. The van der Waals surface area contributed by atoms with Gasteiger partial charge in [0, 0.05) is 24.7 Å². The Hall–Kier alpha value is -3.02. The van der Waals surface area contributed by atoms with E-state index in [4.69, 9.17) is 4.74 Å². The molecule has 1 aliphatic rings. The number of benzene rings is 2. The summed E-state index contributed by atoms with van der Waals surface area (Å²) in [4.78, 5) is 27.0. The van der Waals surface area contributed by atoms with E-state index in [1.54, 1.807) is 25.2 Å². The van der Waals surface area contributed by atoms with E-state index >= 15 is 0 Å². The molecular formula is C21H23N3O3. The number of hydrogen-bond acceptors (Lipinski definition) is 3. The first kappa shape index (κ1) is 17.4. The van der Waals surface area contributed by atoms with E-state index < -0.39 is 0 Å². The molecule has 2 aromatic carbocycles. The lowest BCUT2D eigenvalue weighted by Gasteiger charge is -2.16. The molecule has 4 rings (SSSR count). The highest BCUT2D eigenvalue weighted by Gasteiger charge is 2.18. The van der Waals surface area contributed by atoms with Crippen molar-refractivity contribution in [3.05, 3.63) is 64.1 Å². The summed E-state index contributed by atoms with van der Waals surface area (Å²) in [5.74, 6) is 0.657. The van der Waals surface area contributed by atoms with Gasteiger partial charge in [-0.3, -0.25) is 9.36 Å². The standard InChI is InChI=1S/C21H23N3O3/c1-24-18-11-10-14(12-17(18)23-21(24)26)20(25)22-13-15-6-2-5-9-19(15)27-16-7-3-4-8-16/h2,5-6,9-12,16H,3-4,7-8,13H2,1H3,(H,22,25)(H,23,26). The molecule has 1 fully saturated rings. The Morgan fingerprint density at radius 3 is 2.81 bits per heavy atom. The van der Waals surface area contributed by atoms with E-state index in [0.29, 0.717) is 17.6 Å². The van der Waals surface area contributed by atoms with Gasteiger partial charge in [0.05, 0.1) is 17.1 Å². The zero-order valence-corrected chi connectivity index (χ0v) is 15.3. The quantitative estimate of drug-likeness (QED) is 0.729. The molecular weight excluding hydrogens is 342 g/mol. The highest BCUT2D eigenvalue weighted by Crippen LogP contribution is 2.26. The second-order valence-corrected chi connectivity index (χ2v) is 7.04. The largest absolute Gasteiger partial charge is 0.490 e. The average molecular weight is 365 g/mol. The average Bonchev–Trinajstić information content (AvgIpc) is 3.28. The maximum atomic E-state index is 12.6. The van der Waals surface area contributed by atoms with Gasteiger partial charge < -0.3 is 15.0 Å². The van der Waals surface area contributed by atoms with Crippen molar-refractivity contribution >= 4 is 16.9 Å². The number of para-hydroxylation sites is 1. The Balaban J connectivity index is 1.47. The van der Waals surface area contributed by atoms with Crippen LogP contribution in [0.4, 0.5) is 0 Å². The summed E-state index contributed by atoms with van der Waals surface area (Å²) < 4.78 is 7.65. The summed E-state index contributed by atoms with van der Waals surface area (Å²) in [6, 6.07) is 13.0. The van der Waals surface area contributed by atoms with Gasteiger partial charge in [-0.05, 0) is 49.9 Å². The molecule has 0 bridgehead atoms. The van der Waals surface area contributed by atoms with Crippen molar-refractivity contribution in [2.75, 3.05) is 0 Å². The summed E-state index contributed by atoms with van der Waals surface area (Å²) in [5, 5.41) is 2.95. The van der Waals surface area contributed by atoms with Gasteiger partial charge in [-0.1, -0.05) is 18.2 Å². The van der Waals surface area contributed by atoms with Gasteiger partial charge in [0.2, 0.25) is 0 Å². The number of imidazole rings is 1. The third-order valence-electron chi connectivity index (χ3n) is 5.17. The monoisotopic (exact) mass is 365 g/mol. The second-order valence-electron chi connectivity index (χ2n) is 7.04. The van der Waals surface area contributed by atoms with Gasteiger partial charge in [-0.25, -0.2) is 4.79 Å². The number of amides is 1. The van der Waals surface area contributed by atoms with Crippen molar-refractivity contribution in [2.24, 2.45) is 7.05 Å². The minimum atomic E-state index is -0.194. The van der Waals surface area contributed by atoms with Crippen LogP contribution in [-0.2, 0) is 13.6 Å². The van der Waals surface area contributed by atoms with Crippen molar-refractivity contribution in [1.82, 2.24) is 14.9 Å². The number of rotatable bonds is 5. The highest BCUT2D eigenvalue weighted by atomic mass is 16.5. The molecule has 140 valence electrons. The number of hydrogen-bond donors (Lipinski definition) is 2. The van der Waals surface area contributed by atoms with Crippen LogP contribution in [0.25, 0.3) is 11.0 Å². The van der Waals surface area contributed by atoms with Crippen LogP contribution in [-0.4, -0.2) is 21.6 Å². The first-order valence-corrected chi connectivity index (χ1v) is 9.33. The van der Waals surface area contributed by atoms with Crippen LogP contribution in [0.5, 0.6) is 5.75 Å². The second kappa shape index (κ2) is 7.31. The molecule has 0 aliphatic heterocycles. The fourth-order valence-corrected chi connectivity index (χ4v) is 3.61. The number of fused-ring (bicyclic) bond motifs is 1. The molecule has 1 aromatic heterocycles. The van der Waals surface area contributed by atoms with Crippen molar-refractivity contribution in [2.45, 2.75) is 38.3 Å². The number of aromatic amines is 1. The summed E-state index contributed by atoms with van der Waals surface area (Å²) in [6.07, 6.45) is 4.90. The van der Waals surface area contributed by atoms with Gasteiger partial charge in [0.1, 0.15) is 5.75 Å². The highest BCUT2D eigenvalue weighted by molar-refractivity contribution is 5.97. The van der Waals surface area contributed by atoms with E-state index in [2.05, 4.69) is 10.3 Å². The van der Waals surface area contributed by atoms with Crippen LogP contribution in [0.1, 0.15) is 41.6 Å². The van der Waals surface area contributed by atoms with E-state index in [9.17, 15) is 9.59 Å². The Morgan fingerprint density at radius 2 is 2.00 bits per heavy atom. The van der Waals surface area contributed by atoms with Crippen molar-refractivity contribution in [3.63, 3.8) is 0 Å². The van der Waals surface area contributed by atoms with Gasteiger partial charge >= 0.3 is 5.69 Å². The molecule has 1 aliphatic carbocycles. The van der Waals surface area contributed by atoms with Gasteiger partial charge in [-0.15, -0.1) is 0 Å². The molecule has 0 spiro atoms. The predicted octanol–water partition coefficient (Wildman–Crippen LogP) is 3.12. The molecule has 6 nitrogen and oxygen atoms in total. The number of ether oxygens (including phenoxy) is 1. The maximum absolute atomic E-state index is 12.6. The molecule has 1 saturated carbocycles. The lowest BCUT2D eigenvalue weighted by molar-refractivity contribution is 0.0950. The number of nitrogens with one attached hydrogen (secondary N) is 2. The molecule has 0 radical (unpaired) electrons. The Labute approximate surface area is 157 Å². The van der Waals surface area contributed by atoms with Crippen LogP contribution in [0.2, 0.25) is 0 Å². The molecule has 1 heterocycles. The molecule has 27 heavy (non-hydrogen) atoms. The first-order valence-electron chi connectivity index (χ1n) is 9.33. The maximum Gasteiger partial charge on any atom is 0.326 e. The number of aromatic nitrogens is 2. The van der Waals surface area contributed by atoms with E-state index in [1.165, 1.54) is 17.4 Å². The molecule has 6 heteroatoms. The normalized spacial score (nSPS) is 14.6. The third kappa shape index (κ3) is 3.60. The Morgan fingerprint density at radius 1 is 1.22 bits per heavy atom. The molecule has 3 aromatic rings. The SMILES string of the molecule is Cn1c(=O)[nH]c2cc(C(=O)NCc3ccccc3OC3CCCC3)ccc21. The first-order chi connectivity index (χ1) is 13.1. The zero-order chi connectivity index (χ0) is 18.8. The van der Waals surface area contributed by atoms with Crippen LogP contribution >= 0.6 is 0 Å². The summed E-state index contributed by atoms with van der Waals surface area (Å²) in [6.45, 7) is 0.394. The summed E-state index contributed by atoms with van der Waals surface area (Å²) >= 11 is 0.